The molecule has 1 atom stereocenters. The second kappa shape index (κ2) is 6.15. The van der Waals surface area contributed by atoms with Gasteiger partial charge in [0.05, 0.1) is 12.1 Å². The van der Waals surface area contributed by atoms with Crippen molar-refractivity contribution >= 4 is 11.8 Å². The third-order valence-corrected chi connectivity index (χ3v) is 4.77. The molecule has 0 bridgehead atoms. The minimum Gasteiger partial charge on any atom is -0.303 e. The van der Waals surface area contributed by atoms with Gasteiger partial charge in [0.25, 0.3) is 0 Å². The summed E-state index contributed by atoms with van der Waals surface area (Å²) in [5.74, 6) is 2.78. The molecule has 5 nitrogen and oxygen atoms in total. The molecule has 1 N–H and O–H groups in total. The predicted molar refractivity (Wildman–Crippen MR) is 78.7 cm³/mol. The molecule has 108 valence electrons. The van der Waals surface area contributed by atoms with Crippen molar-refractivity contribution in [1.82, 2.24) is 20.1 Å². The Hall–Kier alpha value is -1.06. The summed E-state index contributed by atoms with van der Waals surface area (Å²) in [6.45, 7) is 2.87. The van der Waals surface area contributed by atoms with Crippen LogP contribution in [0.2, 0.25) is 0 Å². The first-order valence-electron chi connectivity index (χ1n) is 7.54. The predicted octanol–water partition coefficient (Wildman–Crippen LogP) is 2.47. The van der Waals surface area contributed by atoms with E-state index in [1.807, 2.05) is 6.92 Å². The number of hydrogen-bond donors (Lipinski definition) is 1. The smallest absolute Gasteiger partial charge is 0.191 e. The van der Waals surface area contributed by atoms with E-state index in [0.29, 0.717) is 12.0 Å². The molecule has 20 heavy (non-hydrogen) atoms. The van der Waals surface area contributed by atoms with Crippen LogP contribution in [0.3, 0.4) is 0 Å². The van der Waals surface area contributed by atoms with Crippen LogP contribution in [-0.2, 0) is 0 Å². The highest BCUT2D eigenvalue weighted by Gasteiger charge is 2.36. The lowest BCUT2D eigenvalue weighted by Crippen LogP contribution is -2.27. The van der Waals surface area contributed by atoms with Crippen molar-refractivity contribution in [2.24, 2.45) is 0 Å². The van der Waals surface area contributed by atoms with Gasteiger partial charge in [-0.1, -0.05) is 18.7 Å². The SMILES string of the molecule is CCNC(C#N)CCSc1nnc(C2CC2)n1C1CC1. The van der Waals surface area contributed by atoms with Crippen molar-refractivity contribution in [3.05, 3.63) is 5.82 Å². The minimum absolute atomic E-state index is 0.0484. The highest BCUT2D eigenvalue weighted by atomic mass is 32.2. The van der Waals surface area contributed by atoms with E-state index < -0.39 is 0 Å². The molecule has 1 heterocycles. The molecule has 3 rings (SSSR count). The molecule has 0 aliphatic heterocycles. The summed E-state index contributed by atoms with van der Waals surface area (Å²) < 4.78 is 2.37. The van der Waals surface area contributed by atoms with E-state index in [2.05, 4.69) is 26.2 Å². The molecule has 0 aromatic carbocycles. The third-order valence-electron chi connectivity index (χ3n) is 3.79. The molecular weight excluding hydrogens is 270 g/mol. The molecule has 2 aliphatic carbocycles. The first-order chi connectivity index (χ1) is 9.83. The average molecular weight is 291 g/mol. The van der Waals surface area contributed by atoms with E-state index in [9.17, 15) is 0 Å². The molecular formula is C14H21N5S. The summed E-state index contributed by atoms with van der Waals surface area (Å²) in [4.78, 5) is 0. The van der Waals surface area contributed by atoms with Crippen molar-refractivity contribution in [3.63, 3.8) is 0 Å². The number of thioether (sulfide) groups is 1. The number of nitrogens with one attached hydrogen (secondary N) is 1. The topological polar surface area (TPSA) is 66.5 Å². The van der Waals surface area contributed by atoms with Crippen molar-refractivity contribution in [2.75, 3.05) is 12.3 Å². The summed E-state index contributed by atoms with van der Waals surface area (Å²) in [6, 6.07) is 2.90. The lowest BCUT2D eigenvalue weighted by atomic mass is 10.2. The zero-order chi connectivity index (χ0) is 13.9. The summed E-state index contributed by atoms with van der Waals surface area (Å²) in [7, 11) is 0. The van der Waals surface area contributed by atoms with E-state index in [0.717, 1.165) is 23.9 Å². The number of hydrogen-bond acceptors (Lipinski definition) is 5. The highest BCUT2D eigenvalue weighted by molar-refractivity contribution is 7.99. The quantitative estimate of drug-likeness (QED) is 0.745. The van der Waals surface area contributed by atoms with Gasteiger partial charge in [0.1, 0.15) is 5.82 Å². The Morgan fingerprint density at radius 1 is 1.40 bits per heavy atom. The molecule has 1 aromatic rings. The number of aromatic nitrogens is 3. The van der Waals surface area contributed by atoms with Crippen molar-refractivity contribution in [3.8, 4) is 6.07 Å². The zero-order valence-corrected chi connectivity index (χ0v) is 12.7. The van der Waals surface area contributed by atoms with Gasteiger partial charge in [0.2, 0.25) is 0 Å². The van der Waals surface area contributed by atoms with Crippen LogP contribution in [-0.4, -0.2) is 33.1 Å². The van der Waals surface area contributed by atoms with Crippen LogP contribution < -0.4 is 5.32 Å². The molecule has 0 radical (unpaired) electrons. The molecule has 2 aliphatic rings. The van der Waals surface area contributed by atoms with E-state index in [4.69, 9.17) is 5.26 Å². The van der Waals surface area contributed by atoms with Crippen LogP contribution in [0.15, 0.2) is 5.16 Å². The summed E-state index contributed by atoms with van der Waals surface area (Å²) in [6.07, 6.45) is 5.93. The van der Waals surface area contributed by atoms with Crippen LogP contribution in [0.5, 0.6) is 0 Å². The maximum Gasteiger partial charge on any atom is 0.191 e. The minimum atomic E-state index is -0.0484. The Morgan fingerprint density at radius 3 is 2.80 bits per heavy atom. The average Bonchev–Trinajstić information content (AvgIpc) is 3.37. The lowest BCUT2D eigenvalue weighted by Gasteiger charge is -2.10. The van der Waals surface area contributed by atoms with Crippen LogP contribution >= 0.6 is 11.8 Å². The van der Waals surface area contributed by atoms with Gasteiger partial charge < -0.3 is 9.88 Å². The molecule has 0 saturated heterocycles. The largest absolute Gasteiger partial charge is 0.303 e. The molecule has 2 saturated carbocycles. The Labute approximate surface area is 124 Å². The normalized spacial score (nSPS) is 19.8. The van der Waals surface area contributed by atoms with E-state index >= 15 is 0 Å². The van der Waals surface area contributed by atoms with Crippen molar-refractivity contribution < 1.29 is 0 Å². The summed E-state index contributed by atoms with van der Waals surface area (Å²) >= 11 is 1.75. The second-order valence-electron chi connectivity index (χ2n) is 5.59. The van der Waals surface area contributed by atoms with Gasteiger partial charge in [-0.3, -0.25) is 0 Å². The maximum absolute atomic E-state index is 9.04. The summed E-state index contributed by atoms with van der Waals surface area (Å²) in [5, 5.41) is 22.1. The van der Waals surface area contributed by atoms with Gasteiger partial charge in [0.15, 0.2) is 5.16 Å². The number of nitrogens with zero attached hydrogens (tertiary/aromatic N) is 4. The van der Waals surface area contributed by atoms with Gasteiger partial charge in [-0.2, -0.15) is 5.26 Å². The van der Waals surface area contributed by atoms with Crippen LogP contribution in [0.25, 0.3) is 0 Å². The fraction of sp³-hybridized carbons (Fsp3) is 0.786. The van der Waals surface area contributed by atoms with Crippen LogP contribution in [0.1, 0.15) is 56.8 Å². The highest BCUT2D eigenvalue weighted by Crippen LogP contribution is 2.46. The van der Waals surface area contributed by atoms with Gasteiger partial charge >= 0.3 is 0 Å². The van der Waals surface area contributed by atoms with E-state index in [1.54, 1.807) is 11.8 Å². The second-order valence-corrected chi connectivity index (χ2v) is 6.65. The van der Waals surface area contributed by atoms with Gasteiger partial charge in [-0.15, -0.1) is 10.2 Å². The van der Waals surface area contributed by atoms with Crippen LogP contribution in [0.4, 0.5) is 0 Å². The monoisotopic (exact) mass is 291 g/mol. The Morgan fingerprint density at radius 2 is 2.20 bits per heavy atom. The molecule has 0 spiro atoms. The first-order valence-corrected chi connectivity index (χ1v) is 8.52. The molecule has 1 aromatic heterocycles. The number of rotatable bonds is 8. The van der Waals surface area contributed by atoms with E-state index in [1.165, 1.54) is 31.5 Å². The molecule has 2 fully saturated rings. The standard InChI is InChI=1S/C14H21N5S/c1-2-16-11(9-15)7-8-20-14-18-17-13(10-3-4-10)19(14)12-5-6-12/h10-12,16H,2-8H2,1H3. The molecule has 6 heteroatoms. The summed E-state index contributed by atoms with van der Waals surface area (Å²) in [5.41, 5.74) is 0. The molecule has 1 unspecified atom stereocenters. The fourth-order valence-electron chi connectivity index (χ4n) is 2.41. The van der Waals surface area contributed by atoms with Gasteiger partial charge in [0, 0.05) is 17.7 Å². The Bertz CT molecular complexity index is 498. The number of nitriles is 1. The zero-order valence-electron chi connectivity index (χ0n) is 11.9. The Kier molecular flexibility index (Phi) is 4.27. The first kappa shape index (κ1) is 13.9. The van der Waals surface area contributed by atoms with Crippen molar-refractivity contribution in [2.45, 2.75) is 62.2 Å². The third kappa shape index (κ3) is 3.15. The molecule has 0 amide bonds. The van der Waals surface area contributed by atoms with E-state index in [-0.39, 0.29) is 6.04 Å². The lowest BCUT2D eigenvalue weighted by molar-refractivity contribution is 0.608. The fourth-order valence-corrected chi connectivity index (χ4v) is 3.43. The van der Waals surface area contributed by atoms with Gasteiger partial charge in [-0.25, -0.2) is 0 Å². The van der Waals surface area contributed by atoms with Gasteiger partial charge in [-0.05, 0) is 38.6 Å². The Balaban J connectivity index is 1.59. The van der Waals surface area contributed by atoms with Crippen LogP contribution in [0, 0.1) is 11.3 Å². The maximum atomic E-state index is 9.04. The van der Waals surface area contributed by atoms with Crippen molar-refractivity contribution in [1.29, 1.82) is 5.26 Å².